The lowest BCUT2D eigenvalue weighted by molar-refractivity contribution is -0.120. The minimum Gasteiger partial charge on any atom is -0.303 e. The number of hydrogen-bond donors (Lipinski definition) is 0. The van der Waals surface area contributed by atoms with Crippen LogP contribution in [0.1, 0.15) is 29.9 Å². The minimum absolute atomic E-state index is 0.00456. The van der Waals surface area contributed by atoms with Crippen molar-refractivity contribution in [3.8, 4) is 0 Å². The molecule has 130 valence electrons. The number of hydrogen-bond acceptors (Lipinski definition) is 3. The van der Waals surface area contributed by atoms with E-state index in [1.165, 1.54) is 5.56 Å². The molecule has 3 nitrogen and oxygen atoms in total. The van der Waals surface area contributed by atoms with Gasteiger partial charge in [0.25, 0.3) is 0 Å². The van der Waals surface area contributed by atoms with Crippen LogP contribution in [0.3, 0.4) is 0 Å². The fraction of sp³-hybridized carbons (Fsp3) is 0.364. The summed E-state index contributed by atoms with van der Waals surface area (Å²) in [7, 11) is 0. The van der Waals surface area contributed by atoms with E-state index >= 15 is 0 Å². The molecule has 1 fully saturated rings. The fourth-order valence-corrected chi connectivity index (χ4v) is 4.00. The van der Waals surface area contributed by atoms with E-state index in [1.54, 1.807) is 0 Å². The third-order valence-corrected chi connectivity index (χ3v) is 5.30. The Kier molecular flexibility index (Phi) is 6.13. The van der Waals surface area contributed by atoms with Gasteiger partial charge in [0.1, 0.15) is 12.6 Å². The maximum atomic E-state index is 11.5. The molecule has 0 aromatic heterocycles. The van der Waals surface area contributed by atoms with Crippen LogP contribution in [-0.2, 0) is 16.1 Å². The predicted molar refractivity (Wildman–Crippen MR) is 99.2 cm³/mol. The van der Waals surface area contributed by atoms with Crippen molar-refractivity contribution >= 4 is 12.6 Å². The van der Waals surface area contributed by atoms with Gasteiger partial charge in [0.05, 0.1) is 5.92 Å². The molecule has 3 heteroatoms. The van der Waals surface area contributed by atoms with Crippen LogP contribution < -0.4 is 0 Å². The van der Waals surface area contributed by atoms with Crippen molar-refractivity contribution in [2.75, 3.05) is 13.1 Å². The number of aldehydes is 2. The summed E-state index contributed by atoms with van der Waals surface area (Å²) in [6.07, 6.45) is 3.68. The summed E-state index contributed by atoms with van der Waals surface area (Å²) in [5.74, 6) is -0.182. The minimum atomic E-state index is -0.548. The molecule has 25 heavy (non-hydrogen) atoms. The summed E-state index contributed by atoms with van der Waals surface area (Å²) in [5, 5.41) is 0. The molecule has 1 saturated heterocycles. The SMILES string of the molecule is O=CC(C=O)C(c1ccccc1)C1CCN(Cc2ccccc2)CC1. The van der Waals surface area contributed by atoms with Gasteiger partial charge in [0.15, 0.2) is 0 Å². The molecule has 1 aliphatic rings. The van der Waals surface area contributed by atoms with Gasteiger partial charge in [-0.3, -0.25) is 4.90 Å². The van der Waals surface area contributed by atoms with Crippen LogP contribution in [0.25, 0.3) is 0 Å². The smallest absolute Gasteiger partial charge is 0.130 e. The van der Waals surface area contributed by atoms with Crippen molar-refractivity contribution in [2.45, 2.75) is 25.3 Å². The molecule has 0 saturated carbocycles. The summed E-state index contributed by atoms with van der Waals surface area (Å²) < 4.78 is 0. The van der Waals surface area contributed by atoms with E-state index < -0.39 is 5.92 Å². The Balaban J connectivity index is 1.67. The number of benzene rings is 2. The topological polar surface area (TPSA) is 37.4 Å². The normalized spacial score (nSPS) is 17.3. The van der Waals surface area contributed by atoms with Crippen molar-refractivity contribution in [1.29, 1.82) is 0 Å². The first-order valence-corrected chi connectivity index (χ1v) is 9.03. The van der Waals surface area contributed by atoms with E-state index in [9.17, 15) is 9.59 Å². The summed E-state index contributed by atoms with van der Waals surface area (Å²) in [5.41, 5.74) is 2.44. The summed E-state index contributed by atoms with van der Waals surface area (Å²) >= 11 is 0. The maximum absolute atomic E-state index is 11.5. The molecule has 1 unspecified atom stereocenters. The van der Waals surface area contributed by atoms with E-state index in [0.717, 1.165) is 50.6 Å². The van der Waals surface area contributed by atoms with Crippen molar-refractivity contribution in [3.63, 3.8) is 0 Å². The van der Waals surface area contributed by atoms with Crippen LogP contribution in [0.5, 0.6) is 0 Å². The Morgan fingerprint density at radius 2 is 1.44 bits per heavy atom. The first kappa shape index (κ1) is 17.6. The molecule has 0 aliphatic carbocycles. The number of carbonyl (C=O) groups is 2. The number of likely N-dealkylation sites (tertiary alicyclic amines) is 1. The highest BCUT2D eigenvalue weighted by atomic mass is 16.1. The van der Waals surface area contributed by atoms with Crippen LogP contribution in [0.4, 0.5) is 0 Å². The van der Waals surface area contributed by atoms with E-state index in [-0.39, 0.29) is 5.92 Å². The first-order valence-electron chi connectivity index (χ1n) is 9.03. The van der Waals surface area contributed by atoms with E-state index in [4.69, 9.17) is 0 Å². The summed E-state index contributed by atoms with van der Waals surface area (Å²) in [6.45, 7) is 2.98. The molecule has 2 aromatic rings. The van der Waals surface area contributed by atoms with Gasteiger partial charge < -0.3 is 9.59 Å². The van der Waals surface area contributed by atoms with Crippen molar-refractivity contribution in [3.05, 3.63) is 71.8 Å². The molecule has 1 heterocycles. The lowest BCUT2D eigenvalue weighted by atomic mass is 9.74. The molecule has 3 rings (SSSR count). The molecule has 0 bridgehead atoms. The number of nitrogens with zero attached hydrogens (tertiary/aromatic N) is 1. The van der Waals surface area contributed by atoms with Gasteiger partial charge in [0, 0.05) is 12.5 Å². The second-order valence-corrected chi connectivity index (χ2v) is 6.89. The summed E-state index contributed by atoms with van der Waals surface area (Å²) in [6, 6.07) is 20.5. The first-order chi connectivity index (χ1) is 12.3. The maximum Gasteiger partial charge on any atom is 0.130 e. The van der Waals surface area contributed by atoms with Gasteiger partial charge >= 0.3 is 0 Å². The molecule has 0 radical (unpaired) electrons. The Morgan fingerprint density at radius 3 is 2.00 bits per heavy atom. The molecule has 0 amide bonds. The predicted octanol–water partition coefficient (Wildman–Crippen LogP) is 3.70. The molecule has 0 spiro atoms. The lowest BCUT2D eigenvalue weighted by Gasteiger charge is -2.37. The fourth-order valence-electron chi connectivity index (χ4n) is 4.00. The average Bonchev–Trinajstić information content (AvgIpc) is 2.68. The molecule has 1 aliphatic heterocycles. The van der Waals surface area contributed by atoms with Crippen molar-refractivity contribution in [1.82, 2.24) is 4.90 Å². The molecule has 0 N–H and O–H groups in total. The van der Waals surface area contributed by atoms with E-state index in [2.05, 4.69) is 29.2 Å². The van der Waals surface area contributed by atoms with Gasteiger partial charge in [-0.1, -0.05) is 60.7 Å². The standard InChI is InChI=1S/C22H25NO2/c24-16-21(17-25)22(19-9-5-2-6-10-19)20-11-13-23(14-12-20)15-18-7-3-1-4-8-18/h1-10,16-17,20-22H,11-15H2. The van der Waals surface area contributed by atoms with E-state index in [1.807, 2.05) is 36.4 Å². The van der Waals surface area contributed by atoms with Crippen molar-refractivity contribution < 1.29 is 9.59 Å². The third kappa shape index (κ3) is 4.43. The zero-order chi connectivity index (χ0) is 17.5. The Morgan fingerprint density at radius 1 is 0.880 bits per heavy atom. The second kappa shape index (κ2) is 8.72. The van der Waals surface area contributed by atoms with Gasteiger partial charge in [-0.25, -0.2) is 0 Å². The van der Waals surface area contributed by atoms with Crippen LogP contribution in [0.15, 0.2) is 60.7 Å². The summed E-state index contributed by atoms with van der Waals surface area (Å²) in [4.78, 5) is 25.4. The average molecular weight is 335 g/mol. The third-order valence-electron chi connectivity index (χ3n) is 5.30. The second-order valence-electron chi connectivity index (χ2n) is 6.89. The quantitative estimate of drug-likeness (QED) is 0.572. The number of carbonyl (C=O) groups excluding carboxylic acids is 2. The van der Waals surface area contributed by atoms with Crippen LogP contribution in [0, 0.1) is 11.8 Å². The highest BCUT2D eigenvalue weighted by molar-refractivity contribution is 5.79. The van der Waals surface area contributed by atoms with Gasteiger partial charge in [0.2, 0.25) is 0 Å². The van der Waals surface area contributed by atoms with Gasteiger partial charge in [-0.15, -0.1) is 0 Å². The van der Waals surface area contributed by atoms with Crippen LogP contribution in [0.2, 0.25) is 0 Å². The van der Waals surface area contributed by atoms with Gasteiger partial charge in [-0.2, -0.15) is 0 Å². The van der Waals surface area contributed by atoms with Crippen LogP contribution >= 0.6 is 0 Å². The zero-order valence-corrected chi connectivity index (χ0v) is 14.5. The highest BCUT2D eigenvalue weighted by Gasteiger charge is 2.33. The van der Waals surface area contributed by atoms with Gasteiger partial charge in [-0.05, 0) is 43.0 Å². The number of piperidine rings is 1. The van der Waals surface area contributed by atoms with E-state index in [0.29, 0.717) is 5.92 Å². The molecular weight excluding hydrogens is 310 g/mol. The Labute approximate surface area is 149 Å². The van der Waals surface area contributed by atoms with Crippen LogP contribution in [-0.4, -0.2) is 30.6 Å². The Bertz CT molecular complexity index is 655. The molecule has 2 aromatic carbocycles. The molecule has 1 atom stereocenters. The Hall–Kier alpha value is -2.26. The highest BCUT2D eigenvalue weighted by Crippen LogP contribution is 2.37. The number of rotatable bonds is 7. The largest absolute Gasteiger partial charge is 0.303 e. The zero-order valence-electron chi connectivity index (χ0n) is 14.5. The molecular formula is C22H25NO2. The van der Waals surface area contributed by atoms with Crippen molar-refractivity contribution in [2.24, 2.45) is 11.8 Å². The monoisotopic (exact) mass is 335 g/mol. The lowest BCUT2D eigenvalue weighted by Crippen LogP contribution is -2.37.